The first-order chi connectivity index (χ1) is 14.9. The number of carbonyl (C=O) groups is 1. The Bertz CT molecular complexity index is 864. The Kier molecular flexibility index (Phi) is 8.46. The minimum atomic E-state index is -0.737. The lowest BCUT2D eigenvalue weighted by atomic mass is 10.0. The van der Waals surface area contributed by atoms with Gasteiger partial charge in [0, 0.05) is 24.2 Å². The number of aliphatic hydroxyl groups excluding tert-OH is 2. The van der Waals surface area contributed by atoms with Crippen molar-refractivity contribution in [2.75, 3.05) is 6.54 Å². The van der Waals surface area contributed by atoms with E-state index in [1.807, 2.05) is 12.1 Å². The Labute approximate surface area is 184 Å². The number of rotatable bonds is 10. The standard InChI is InChI=1S/C25H34N2O4/c1-17(26-15-24(30)20-9-10-23(29)21(14-20)16-28)11-18-5-4-6-19(12-18)13-25(31)27-22-7-2-3-8-22/h4-6,9-10,12,14,17,22,24,26,28-30H,2-3,7-8,11,13,15-16H2,1H3,(H,27,31)/t17-,24-/m1/s1. The lowest BCUT2D eigenvalue weighted by Gasteiger charge is -2.18. The summed E-state index contributed by atoms with van der Waals surface area (Å²) in [5.74, 6) is 0.117. The quantitative estimate of drug-likeness (QED) is 0.402. The number of phenols is 1. The summed E-state index contributed by atoms with van der Waals surface area (Å²) in [5.41, 5.74) is 3.21. The van der Waals surface area contributed by atoms with Crippen molar-refractivity contribution in [3.05, 3.63) is 64.7 Å². The SMILES string of the molecule is C[C@H](Cc1cccc(CC(=O)NC2CCCC2)c1)NC[C@@H](O)c1ccc(O)c(CO)c1. The number of aliphatic hydroxyl groups is 2. The molecule has 1 saturated carbocycles. The van der Waals surface area contributed by atoms with Gasteiger partial charge in [-0.2, -0.15) is 0 Å². The summed E-state index contributed by atoms with van der Waals surface area (Å²) >= 11 is 0. The van der Waals surface area contributed by atoms with Crippen LogP contribution in [0.25, 0.3) is 0 Å². The van der Waals surface area contributed by atoms with Gasteiger partial charge in [-0.1, -0.05) is 43.2 Å². The van der Waals surface area contributed by atoms with Gasteiger partial charge < -0.3 is 26.0 Å². The van der Waals surface area contributed by atoms with Crippen molar-refractivity contribution in [2.24, 2.45) is 0 Å². The summed E-state index contributed by atoms with van der Waals surface area (Å²) in [7, 11) is 0. The van der Waals surface area contributed by atoms with Crippen molar-refractivity contribution >= 4 is 5.91 Å². The summed E-state index contributed by atoms with van der Waals surface area (Å²) in [6, 6.07) is 13.3. The van der Waals surface area contributed by atoms with Crippen molar-refractivity contribution in [3.8, 4) is 5.75 Å². The second-order valence-corrected chi connectivity index (χ2v) is 8.62. The van der Waals surface area contributed by atoms with Crippen LogP contribution >= 0.6 is 0 Å². The molecule has 0 aliphatic heterocycles. The van der Waals surface area contributed by atoms with Gasteiger partial charge in [0.05, 0.1) is 19.1 Å². The third kappa shape index (κ3) is 7.06. The van der Waals surface area contributed by atoms with Crippen LogP contribution in [0.1, 0.15) is 61.0 Å². The molecule has 2 atom stereocenters. The molecule has 5 N–H and O–H groups in total. The van der Waals surface area contributed by atoms with Crippen molar-refractivity contribution in [1.29, 1.82) is 0 Å². The lowest BCUT2D eigenvalue weighted by Crippen LogP contribution is -2.33. The average Bonchev–Trinajstić information content (AvgIpc) is 3.25. The van der Waals surface area contributed by atoms with E-state index in [2.05, 4.69) is 29.7 Å². The summed E-state index contributed by atoms with van der Waals surface area (Å²) in [5, 5.41) is 35.8. The molecule has 2 aromatic carbocycles. The largest absolute Gasteiger partial charge is 0.508 e. The van der Waals surface area contributed by atoms with Crippen LogP contribution in [0.3, 0.4) is 0 Å². The molecule has 0 unspecified atom stereocenters. The fourth-order valence-electron chi connectivity index (χ4n) is 4.20. The second-order valence-electron chi connectivity index (χ2n) is 8.62. The number of carbonyl (C=O) groups excluding carboxylic acids is 1. The molecule has 6 nitrogen and oxygen atoms in total. The maximum atomic E-state index is 12.3. The summed E-state index contributed by atoms with van der Waals surface area (Å²) in [6.45, 7) is 2.15. The molecule has 0 spiro atoms. The molecule has 0 aromatic heterocycles. The van der Waals surface area contributed by atoms with Crippen LogP contribution in [0.4, 0.5) is 0 Å². The first-order valence-corrected chi connectivity index (χ1v) is 11.2. The van der Waals surface area contributed by atoms with Crippen LogP contribution in [0, 0.1) is 0 Å². The van der Waals surface area contributed by atoms with Gasteiger partial charge in [0.25, 0.3) is 0 Å². The third-order valence-corrected chi connectivity index (χ3v) is 5.94. The van der Waals surface area contributed by atoms with E-state index in [1.165, 1.54) is 18.9 Å². The minimum absolute atomic E-state index is 0.0246. The number of nitrogens with one attached hydrogen (secondary N) is 2. The highest BCUT2D eigenvalue weighted by atomic mass is 16.3. The van der Waals surface area contributed by atoms with Gasteiger partial charge in [-0.15, -0.1) is 0 Å². The number of aromatic hydroxyl groups is 1. The van der Waals surface area contributed by atoms with Gasteiger partial charge >= 0.3 is 0 Å². The van der Waals surface area contributed by atoms with E-state index in [9.17, 15) is 20.1 Å². The number of amides is 1. The zero-order valence-corrected chi connectivity index (χ0v) is 18.2. The minimum Gasteiger partial charge on any atom is -0.508 e. The van der Waals surface area contributed by atoms with E-state index in [1.54, 1.807) is 12.1 Å². The Morgan fingerprint density at radius 2 is 1.87 bits per heavy atom. The second kappa shape index (κ2) is 11.3. The van der Waals surface area contributed by atoms with Crippen LogP contribution in [-0.2, 0) is 24.2 Å². The van der Waals surface area contributed by atoms with Gasteiger partial charge in [0.2, 0.25) is 5.91 Å². The maximum absolute atomic E-state index is 12.3. The zero-order chi connectivity index (χ0) is 22.2. The summed E-state index contributed by atoms with van der Waals surface area (Å²) < 4.78 is 0. The monoisotopic (exact) mass is 426 g/mol. The molecule has 1 aliphatic carbocycles. The highest BCUT2D eigenvalue weighted by Crippen LogP contribution is 2.22. The van der Waals surface area contributed by atoms with E-state index in [0.717, 1.165) is 30.4 Å². The summed E-state index contributed by atoms with van der Waals surface area (Å²) in [4.78, 5) is 12.3. The molecular weight excluding hydrogens is 392 g/mol. The Balaban J connectivity index is 1.48. The van der Waals surface area contributed by atoms with Crippen LogP contribution in [0.2, 0.25) is 0 Å². The van der Waals surface area contributed by atoms with E-state index in [4.69, 9.17) is 0 Å². The molecular formula is C25H34N2O4. The fraction of sp³-hybridized carbons (Fsp3) is 0.480. The van der Waals surface area contributed by atoms with Gasteiger partial charge in [0.1, 0.15) is 5.75 Å². The van der Waals surface area contributed by atoms with Crippen LogP contribution < -0.4 is 10.6 Å². The van der Waals surface area contributed by atoms with Gasteiger partial charge in [0.15, 0.2) is 0 Å². The molecule has 1 amide bonds. The Hall–Kier alpha value is -2.41. The molecule has 0 heterocycles. The molecule has 1 fully saturated rings. The smallest absolute Gasteiger partial charge is 0.224 e. The summed E-state index contributed by atoms with van der Waals surface area (Å²) in [6.07, 6.45) is 5.03. The molecule has 0 saturated heterocycles. The first-order valence-electron chi connectivity index (χ1n) is 11.2. The average molecular weight is 427 g/mol. The lowest BCUT2D eigenvalue weighted by molar-refractivity contribution is -0.121. The van der Waals surface area contributed by atoms with Crippen LogP contribution in [-0.4, -0.2) is 39.9 Å². The Morgan fingerprint density at radius 1 is 1.13 bits per heavy atom. The number of benzene rings is 2. The normalized spacial score (nSPS) is 16.2. The van der Waals surface area contributed by atoms with E-state index in [-0.39, 0.29) is 24.3 Å². The van der Waals surface area contributed by atoms with E-state index < -0.39 is 6.10 Å². The van der Waals surface area contributed by atoms with E-state index in [0.29, 0.717) is 30.1 Å². The van der Waals surface area contributed by atoms with Crippen molar-refractivity contribution in [1.82, 2.24) is 10.6 Å². The predicted octanol–water partition coefficient (Wildman–Crippen LogP) is 2.74. The molecule has 1 aliphatic rings. The number of hydrogen-bond donors (Lipinski definition) is 5. The topological polar surface area (TPSA) is 102 Å². The molecule has 168 valence electrons. The van der Waals surface area contributed by atoms with Crippen molar-refractivity contribution < 1.29 is 20.1 Å². The fourth-order valence-corrected chi connectivity index (χ4v) is 4.20. The number of hydrogen-bond acceptors (Lipinski definition) is 5. The van der Waals surface area contributed by atoms with Crippen LogP contribution in [0.15, 0.2) is 42.5 Å². The maximum Gasteiger partial charge on any atom is 0.224 e. The van der Waals surface area contributed by atoms with Gasteiger partial charge in [-0.3, -0.25) is 4.79 Å². The molecule has 0 radical (unpaired) electrons. The van der Waals surface area contributed by atoms with Crippen LogP contribution in [0.5, 0.6) is 5.75 Å². The van der Waals surface area contributed by atoms with Gasteiger partial charge in [-0.25, -0.2) is 0 Å². The molecule has 3 rings (SSSR count). The molecule has 6 heteroatoms. The molecule has 0 bridgehead atoms. The highest BCUT2D eigenvalue weighted by molar-refractivity contribution is 5.78. The third-order valence-electron chi connectivity index (χ3n) is 5.94. The first kappa shape index (κ1) is 23.3. The van der Waals surface area contributed by atoms with Gasteiger partial charge in [-0.05, 0) is 55.0 Å². The highest BCUT2D eigenvalue weighted by Gasteiger charge is 2.17. The molecule has 2 aromatic rings. The van der Waals surface area contributed by atoms with E-state index >= 15 is 0 Å². The Morgan fingerprint density at radius 3 is 2.61 bits per heavy atom. The van der Waals surface area contributed by atoms with Crippen molar-refractivity contribution in [3.63, 3.8) is 0 Å². The zero-order valence-electron chi connectivity index (χ0n) is 18.2. The molecule has 31 heavy (non-hydrogen) atoms. The predicted molar refractivity (Wildman–Crippen MR) is 121 cm³/mol. The van der Waals surface area contributed by atoms with Crippen molar-refractivity contribution in [2.45, 2.75) is 70.2 Å².